The number of benzene rings is 2. The number of phenolic OH excluding ortho intramolecular Hbond substituents is 1. The molecule has 0 radical (unpaired) electrons. The molecule has 1 aliphatic heterocycles. The molecule has 2 aromatic rings. The second kappa shape index (κ2) is 6.96. The van der Waals surface area contributed by atoms with Crippen LogP contribution in [0.2, 0.25) is 0 Å². The molecule has 118 valence electrons. The summed E-state index contributed by atoms with van der Waals surface area (Å²) in [5.74, 6) is -0.497. The van der Waals surface area contributed by atoms with E-state index in [4.69, 9.17) is 0 Å². The van der Waals surface area contributed by atoms with Gasteiger partial charge < -0.3 is 10.0 Å². The van der Waals surface area contributed by atoms with Crippen LogP contribution in [0.5, 0.6) is 5.75 Å². The normalized spacial score (nSPS) is 14.3. The minimum Gasteiger partial charge on any atom is -0.507 e. The van der Waals surface area contributed by atoms with Crippen LogP contribution in [0.3, 0.4) is 0 Å². The number of hydrogen-bond donors (Lipinski definition) is 2. The van der Waals surface area contributed by atoms with Crippen molar-refractivity contribution in [1.82, 2.24) is 5.43 Å². The Morgan fingerprint density at radius 1 is 1.09 bits per heavy atom. The molecular weight excluding hydrogens is 290 g/mol. The summed E-state index contributed by atoms with van der Waals surface area (Å²) in [5, 5.41) is 13.6. The van der Waals surface area contributed by atoms with Crippen LogP contribution in [0.1, 0.15) is 28.8 Å². The van der Waals surface area contributed by atoms with Crippen LogP contribution >= 0.6 is 0 Å². The summed E-state index contributed by atoms with van der Waals surface area (Å²) >= 11 is 0. The summed E-state index contributed by atoms with van der Waals surface area (Å²) in [4.78, 5) is 14.3. The van der Waals surface area contributed by atoms with Crippen molar-refractivity contribution in [3.8, 4) is 5.75 Å². The van der Waals surface area contributed by atoms with Crippen LogP contribution in [-0.2, 0) is 0 Å². The van der Waals surface area contributed by atoms with E-state index in [9.17, 15) is 9.90 Å². The van der Waals surface area contributed by atoms with E-state index in [2.05, 4.69) is 27.6 Å². The monoisotopic (exact) mass is 309 g/mol. The first-order valence-corrected chi connectivity index (χ1v) is 7.70. The predicted octanol–water partition coefficient (Wildman–Crippen LogP) is 2.76. The average molecular weight is 309 g/mol. The first-order chi connectivity index (χ1) is 11.2. The van der Waals surface area contributed by atoms with Gasteiger partial charge in [0, 0.05) is 18.8 Å². The number of carbonyl (C=O) groups excluding carboxylic acids is 1. The van der Waals surface area contributed by atoms with Crippen LogP contribution in [0.15, 0.2) is 53.6 Å². The van der Waals surface area contributed by atoms with E-state index < -0.39 is 5.91 Å². The Labute approximate surface area is 135 Å². The largest absolute Gasteiger partial charge is 0.507 e. The average Bonchev–Trinajstić information content (AvgIpc) is 3.10. The standard InChI is InChI=1S/C18H19N3O2/c22-17-6-2-1-5-16(17)18(23)20-19-13-14-7-9-15(10-8-14)21-11-3-4-12-21/h1-2,5-10,13,22H,3-4,11-12H2,(H,20,23). The van der Waals surface area contributed by atoms with Crippen molar-refractivity contribution in [1.29, 1.82) is 0 Å². The number of nitrogens with zero attached hydrogens (tertiary/aromatic N) is 2. The third-order valence-corrected chi connectivity index (χ3v) is 3.89. The summed E-state index contributed by atoms with van der Waals surface area (Å²) in [7, 11) is 0. The van der Waals surface area contributed by atoms with Crippen LogP contribution in [0.25, 0.3) is 0 Å². The van der Waals surface area contributed by atoms with Crippen LogP contribution in [0, 0.1) is 0 Å². The minimum absolute atomic E-state index is 0.0600. The molecule has 2 aromatic carbocycles. The lowest BCUT2D eigenvalue weighted by Gasteiger charge is -2.17. The van der Waals surface area contributed by atoms with Crippen LogP contribution in [0.4, 0.5) is 5.69 Å². The fourth-order valence-electron chi connectivity index (χ4n) is 2.64. The maximum absolute atomic E-state index is 11.9. The lowest BCUT2D eigenvalue weighted by molar-refractivity contribution is 0.0952. The van der Waals surface area contributed by atoms with E-state index in [0.29, 0.717) is 0 Å². The molecule has 0 saturated carbocycles. The molecule has 23 heavy (non-hydrogen) atoms. The molecular formula is C18H19N3O2. The third-order valence-electron chi connectivity index (χ3n) is 3.89. The maximum Gasteiger partial charge on any atom is 0.275 e. The first kappa shape index (κ1) is 15.1. The molecule has 2 N–H and O–H groups in total. The van der Waals surface area contributed by atoms with Gasteiger partial charge >= 0.3 is 0 Å². The number of hydrogen-bond acceptors (Lipinski definition) is 4. The summed E-state index contributed by atoms with van der Waals surface area (Å²) in [5.41, 5.74) is 4.75. The minimum atomic E-state index is -0.437. The Bertz CT molecular complexity index is 704. The van der Waals surface area contributed by atoms with Gasteiger partial charge in [-0.25, -0.2) is 5.43 Å². The molecule has 5 heteroatoms. The van der Waals surface area contributed by atoms with Gasteiger partial charge in [0.25, 0.3) is 5.91 Å². The molecule has 1 aliphatic rings. The molecule has 1 saturated heterocycles. The lowest BCUT2D eigenvalue weighted by atomic mass is 10.2. The van der Waals surface area contributed by atoms with Gasteiger partial charge in [-0.2, -0.15) is 5.10 Å². The highest BCUT2D eigenvalue weighted by Gasteiger charge is 2.11. The van der Waals surface area contributed by atoms with E-state index in [1.54, 1.807) is 24.4 Å². The highest BCUT2D eigenvalue weighted by atomic mass is 16.3. The quantitative estimate of drug-likeness (QED) is 0.674. The summed E-state index contributed by atoms with van der Waals surface area (Å²) in [6.07, 6.45) is 4.09. The van der Waals surface area contributed by atoms with E-state index in [1.807, 2.05) is 12.1 Å². The van der Waals surface area contributed by atoms with Gasteiger partial charge in [0.15, 0.2) is 0 Å². The molecule has 0 aromatic heterocycles. The summed E-state index contributed by atoms with van der Waals surface area (Å²) in [6, 6.07) is 14.5. The smallest absolute Gasteiger partial charge is 0.275 e. The van der Waals surface area contributed by atoms with Gasteiger partial charge in [-0.05, 0) is 42.7 Å². The number of aromatic hydroxyl groups is 1. The molecule has 1 heterocycles. The highest BCUT2D eigenvalue weighted by molar-refractivity contribution is 5.97. The molecule has 0 unspecified atom stereocenters. The SMILES string of the molecule is O=C(NN=Cc1ccc(N2CCCC2)cc1)c1ccccc1O. The molecule has 5 nitrogen and oxygen atoms in total. The second-order valence-electron chi connectivity index (χ2n) is 5.50. The Morgan fingerprint density at radius 3 is 2.48 bits per heavy atom. The van der Waals surface area contributed by atoms with E-state index in [-0.39, 0.29) is 11.3 Å². The zero-order chi connectivity index (χ0) is 16.1. The Hall–Kier alpha value is -2.82. The Balaban J connectivity index is 1.59. The number of carbonyl (C=O) groups is 1. The van der Waals surface area contributed by atoms with Crippen molar-refractivity contribution in [3.63, 3.8) is 0 Å². The molecule has 0 bridgehead atoms. The number of phenols is 1. The Morgan fingerprint density at radius 2 is 1.78 bits per heavy atom. The van der Waals surface area contributed by atoms with Crippen molar-refractivity contribution in [3.05, 3.63) is 59.7 Å². The van der Waals surface area contributed by atoms with Crippen LogP contribution in [-0.4, -0.2) is 30.3 Å². The van der Waals surface area contributed by atoms with Gasteiger partial charge in [-0.3, -0.25) is 4.79 Å². The molecule has 3 rings (SSSR count). The molecule has 1 amide bonds. The van der Waals surface area contributed by atoms with E-state index in [0.717, 1.165) is 18.7 Å². The van der Waals surface area contributed by atoms with Crippen molar-refractivity contribution >= 4 is 17.8 Å². The van der Waals surface area contributed by atoms with E-state index >= 15 is 0 Å². The lowest BCUT2D eigenvalue weighted by Crippen LogP contribution is -2.18. The van der Waals surface area contributed by atoms with Gasteiger partial charge in [0.1, 0.15) is 5.75 Å². The maximum atomic E-state index is 11.9. The van der Waals surface area contributed by atoms with Gasteiger partial charge in [-0.15, -0.1) is 0 Å². The number of nitrogens with one attached hydrogen (secondary N) is 1. The van der Waals surface area contributed by atoms with Gasteiger partial charge in [0.05, 0.1) is 11.8 Å². The Kier molecular flexibility index (Phi) is 4.57. The van der Waals surface area contributed by atoms with Crippen molar-refractivity contribution in [2.24, 2.45) is 5.10 Å². The van der Waals surface area contributed by atoms with E-state index in [1.165, 1.54) is 24.6 Å². The zero-order valence-corrected chi connectivity index (χ0v) is 12.8. The van der Waals surface area contributed by atoms with Crippen molar-refractivity contribution in [2.75, 3.05) is 18.0 Å². The van der Waals surface area contributed by atoms with Gasteiger partial charge in [0.2, 0.25) is 0 Å². The number of para-hydroxylation sites is 1. The van der Waals surface area contributed by atoms with Crippen molar-refractivity contribution in [2.45, 2.75) is 12.8 Å². The molecule has 0 spiro atoms. The first-order valence-electron chi connectivity index (χ1n) is 7.70. The van der Waals surface area contributed by atoms with Gasteiger partial charge in [-0.1, -0.05) is 24.3 Å². The second-order valence-corrected chi connectivity index (χ2v) is 5.50. The number of amides is 1. The van der Waals surface area contributed by atoms with Crippen LogP contribution < -0.4 is 10.3 Å². The predicted molar refractivity (Wildman–Crippen MR) is 91.1 cm³/mol. The fraction of sp³-hybridized carbons (Fsp3) is 0.222. The number of anilines is 1. The summed E-state index contributed by atoms with van der Waals surface area (Å²) in [6.45, 7) is 2.23. The summed E-state index contributed by atoms with van der Waals surface area (Å²) < 4.78 is 0. The molecule has 1 fully saturated rings. The number of hydrazone groups is 1. The number of rotatable bonds is 4. The zero-order valence-electron chi connectivity index (χ0n) is 12.8. The molecule has 0 aliphatic carbocycles. The topological polar surface area (TPSA) is 64.9 Å². The molecule has 0 atom stereocenters. The third kappa shape index (κ3) is 3.69. The highest BCUT2D eigenvalue weighted by Crippen LogP contribution is 2.20. The fourth-order valence-corrected chi connectivity index (χ4v) is 2.64. The van der Waals surface area contributed by atoms with Crippen molar-refractivity contribution < 1.29 is 9.90 Å².